The van der Waals surface area contributed by atoms with Crippen molar-refractivity contribution in [2.24, 2.45) is 5.92 Å². The molecule has 2 aromatic carbocycles. The number of rotatable bonds is 11. The van der Waals surface area contributed by atoms with Gasteiger partial charge in [-0.25, -0.2) is 4.98 Å². The van der Waals surface area contributed by atoms with E-state index in [1.54, 1.807) is 29.0 Å². The van der Waals surface area contributed by atoms with Gasteiger partial charge in [-0.2, -0.15) is 4.98 Å². The Hall–Kier alpha value is -6.07. The van der Waals surface area contributed by atoms with Crippen LogP contribution in [0.3, 0.4) is 0 Å². The summed E-state index contributed by atoms with van der Waals surface area (Å²) < 4.78 is 7.25. The quantitative estimate of drug-likeness (QED) is 0.187. The number of hydrogen-bond donors (Lipinski definition) is 3. The Bertz CT molecular complexity index is 2440. The minimum Gasteiger partial charge on any atom is -0.478 e. The molecule has 314 valence electrons. The molecule has 2 aromatic heterocycles. The molecule has 5 amide bonds. The number of piperazine rings is 1. The van der Waals surface area contributed by atoms with E-state index in [2.05, 4.69) is 35.6 Å². The number of fused-ring (bicyclic) bond motifs is 2. The number of halogens is 1. The average Bonchev–Trinajstić information content (AvgIpc) is 3.49. The molecule has 0 saturated carbocycles. The van der Waals surface area contributed by atoms with Crippen LogP contribution in [-0.4, -0.2) is 119 Å². The maximum absolute atomic E-state index is 13.7. The molecule has 60 heavy (non-hydrogen) atoms. The van der Waals surface area contributed by atoms with E-state index in [1.807, 2.05) is 38.1 Å². The number of imide groups is 2. The molecule has 1 unspecified atom stereocenters. The largest absolute Gasteiger partial charge is 0.478 e. The highest BCUT2D eigenvalue weighted by Crippen LogP contribution is 2.36. The Kier molecular flexibility index (Phi) is 11.5. The molecule has 3 N–H and O–H groups in total. The molecular formula is C42H47ClN10O7. The van der Waals surface area contributed by atoms with Crippen molar-refractivity contribution in [1.29, 1.82) is 0 Å². The van der Waals surface area contributed by atoms with Gasteiger partial charge in [0.2, 0.25) is 17.8 Å². The van der Waals surface area contributed by atoms with E-state index in [-0.39, 0.29) is 42.7 Å². The number of likely N-dealkylation sites (N-methyl/N-ethyl adjacent to an activating group) is 1. The van der Waals surface area contributed by atoms with Crippen molar-refractivity contribution in [3.63, 3.8) is 0 Å². The molecule has 0 bridgehead atoms. The minimum atomic E-state index is -0.997. The third-order valence-electron chi connectivity index (χ3n) is 11.7. The van der Waals surface area contributed by atoms with Crippen LogP contribution < -0.4 is 36.0 Å². The van der Waals surface area contributed by atoms with Gasteiger partial charge < -0.3 is 29.7 Å². The van der Waals surface area contributed by atoms with Crippen LogP contribution in [0.25, 0.3) is 10.9 Å². The van der Waals surface area contributed by atoms with Crippen molar-refractivity contribution < 1.29 is 28.7 Å². The fraction of sp³-hybridized carbons (Fsp3) is 0.429. The lowest BCUT2D eigenvalue weighted by Crippen LogP contribution is -2.54. The van der Waals surface area contributed by atoms with E-state index in [1.165, 1.54) is 7.05 Å². The summed E-state index contributed by atoms with van der Waals surface area (Å²) in [5, 5.41) is 9.17. The Labute approximate surface area is 351 Å². The van der Waals surface area contributed by atoms with Crippen molar-refractivity contribution >= 4 is 75.2 Å². The summed E-state index contributed by atoms with van der Waals surface area (Å²) >= 11 is 6.59. The third kappa shape index (κ3) is 7.98. The van der Waals surface area contributed by atoms with Crippen molar-refractivity contribution in [3.8, 4) is 5.75 Å². The number of hydrogen-bond acceptors (Lipinski definition) is 13. The molecule has 17 nitrogen and oxygen atoms in total. The smallest absolute Gasteiger partial charge is 0.293 e. The van der Waals surface area contributed by atoms with Crippen LogP contribution in [0.2, 0.25) is 5.02 Å². The number of nitrogens with one attached hydrogen (secondary N) is 3. The molecule has 3 saturated heterocycles. The number of pyridine rings is 1. The van der Waals surface area contributed by atoms with Crippen LogP contribution in [0.1, 0.15) is 66.3 Å². The molecule has 18 heteroatoms. The lowest BCUT2D eigenvalue weighted by molar-refractivity contribution is -0.136. The molecule has 4 aliphatic rings. The second-order valence-corrected chi connectivity index (χ2v) is 16.3. The molecule has 0 aliphatic carbocycles. The maximum atomic E-state index is 13.7. The standard InChI is InChI=1S/C42H47ClN10O7/c1-24(2)52-30-8-7-27(19-26(30)20-33(40(52)58)60-23-35(55)44-3)46-37-29(43)21-45-42(48-37)51-17-15-49(16-18-51)22-25-11-13-50(14-12-25)31-6-4-5-28-36(31)41(59)53(39(28)57)32-9-10-34(54)47-38(32)56/h4-8,19-21,24-25,32H,9-18,22-23H2,1-3H3,(H,44,55)(H,45,46,48)(H,47,54,56). The molecule has 4 aromatic rings. The van der Waals surface area contributed by atoms with E-state index in [0.29, 0.717) is 45.2 Å². The Balaban J connectivity index is 0.871. The molecule has 3 fully saturated rings. The summed E-state index contributed by atoms with van der Waals surface area (Å²) in [5.74, 6) is -0.792. The van der Waals surface area contributed by atoms with E-state index in [0.717, 1.165) is 74.5 Å². The highest BCUT2D eigenvalue weighted by atomic mass is 35.5. The minimum absolute atomic E-state index is 0.0774. The lowest BCUT2D eigenvalue weighted by Gasteiger charge is -2.39. The van der Waals surface area contributed by atoms with Gasteiger partial charge in [-0.15, -0.1) is 0 Å². The first-order chi connectivity index (χ1) is 28.9. The lowest BCUT2D eigenvalue weighted by atomic mass is 9.94. The van der Waals surface area contributed by atoms with Crippen molar-refractivity contribution in [2.45, 2.75) is 51.6 Å². The normalized spacial score (nSPS) is 18.9. The van der Waals surface area contributed by atoms with Crippen LogP contribution in [0, 0.1) is 5.92 Å². The van der Waals surface area contributed by atoms with Gasteiger partial charge in [0.25, 0.3) is 23.3 Å². The zero-order valence-electron chi connectivity index (χ0n) is 33.7. The number of amides is 5. The number of nitrogens with zero attached hydrogens (tertiary/aromatic N) is 7. The number of ether oxygens (including phenoxy) is 1. The number of anilines is 4. The molecule has 1 atom stereocenters. The van der Waals surface area contributed by atoms with Gasteiger partial charge in [-0.05, 0) is 75.4 Å². The van der Waals surface area contributed by atoms with Crippen molar-refractivity contribution in [1.82, 2.24) is 35.0 Å². The highest BCUT2D eigenvalue weighted by molar-refractivity contribution is 6.33. The molecule has 6 heterocycles. The summed E-state index contributed by atoms with van der Waals surface area (Å²) in [6.45, 7) is 9.09. The highest BCUT2D eigenvalue weighted by Gasteiger charge is 2.46. The van der Waals surface area contributed by atoms with Crippen LogP contribution >= 0.6 is 11.6 Å². The van der Waals surface area contributed by atoms with E-state index < -0.39 is 29.7 Å². The summed E-state index contributed by atoms with van der Waals surface area (Å²) in [6, 6.07) is 11.4. The molecule has 4 aliphatic heterocycles. The van der Waals surface area contributed by atoms with Gasteiger partial charge >= 0.3 is 0 Å². The number of carbonyl (C=O) groups is 5. The molecule has 0 radical (unpaired) electrons. The van der Waals surface area contributed by atoms with Crippen LogP contribution in [0.4, 0.5) is 23.1 Å². The van der Waals surface area contributed by atoms with Gasteiger partial charge in [-0.1, -0.05) is 17.7 Å². The van der Waals surface area contributed by atoms with Gasteiger partial charge in [0, 0.05) is 76.4 Å². The molecule has 0 spiro atoms. The maximum Gasteiger partial charge on any atom is 0.293 e. The van der Waals surface area contributed by atoms with Crippen LogP contribution in [0.15, 0.2) is 53.5 Å². The first kappa shape index (κ1) is 40.7. The second-order valence-electron chi connectivity index (χ2n) is 15.9. The Morgan fingerprint density at radius 2 is 1.72 bits per heavy atom. The predicted molar refractivity (Wildman–Crippen MR) is 225 cm³/mol. The number of carbonyl (C=O) groups excluding carboxylic acids is 5. The Morgan fingerprint density at radius 1 is 0.950 bits per heavy atom. The average molecular weight is 839 g/mol. The first-order valence-electron chi connectivity index (χ1n) is 20.3. The fourth-order valence-corrected chi connectivity index (χ4v) is 8.72. The predicted octanol–water partition coefficient (Wildman–Crippen LogP) is 3.33. The van der Waals surface area contributed by atoms with Crippen LogP contribution in [0.5, 0.6) is 5.75 Å². The van der Waals surface area contributed by atoms with Crippen molar-refractivity contribution in [3.05, 3.63) is 75.2 Å². The fourth-order valence-electron chi connectivity index (χ4n) is 8.58. The molecule has 8 rings (SSSR count). The van der Waals surface area contributed by atoms with Gasteiger partial charge in [0.1, 0.15) is 11.1 Å². The summed E-state index contributed by atoms with van der Waals surface area (Å²) in [7, 11) is 1.51. The summed E-state index contributed by atoms with van der Waals surface area (Å²) in [6.07, 6.45) is 3.63. The number of piperidine rings is 2. The van der Waals surface area contributed by atoms with E-state index >= 15 is 0 Å². The topological polar surface area (TPSA) is 191 Å². The van der Waals surface area contributed by atoms with E-state index in [9.17, 15) is 28.8 Å². The van der Waals surface area contributed by atoms with Crippen molar-refractivity contribution in [2.75, 3.05) is 74.6 Å². The monoisotopic (exact) mass is 838 g/mol. The number of benzene rings is 2. The SMILES string of the molecule is CNC(=O)COc1cc2cc(Nc3nc(N4CCN(CC5CCN(c6cccc7c6C(=O)N(C6CCC(=O)NC6=O)C7=O)CC5)CC4)ncc3Cl)ccc2n(C(C)C)c1=O. The zero-order chi connectivity index (χ0) is 42.2. The molecular weight excluding hydrogens is 792 g/mol. The van der Waals surface area contributed by atoms with Gasteiger partial charge in [-0.3, -0.25) is 43.9 Å². The zero-order valence-corrected chi connectivity index (χ0v) is 34.5. The van der Waals surface area contributed by atoms with E-state index in [4.69, 9.17) is 21.3 Å². The van der Waals surface area contributed by atoms with Gasteiger partial charge in [0.05, 0.1) is 28.5 Å². The van der Waals surface area contributed by atoms with Gasteiger partial charge in [0.15, 0.2) is 18.2 Å². The summed E-state index contributed by atoms with van der Waals surface area (Å²) in [5.41, 5.74) is 2.44. The summed E-state index contributed by atoms with van der Waals surface area (Å²) in [4.78, 5) is 93.5. The first-order valence-corrected chi connectivity index (χ1v) is 20.7. The number of aromatic nitrogens is 3. The second kappa shape index (κ2) is 16.9. The third-order valence-corrected chi connectivity index (χ3v) is 12.0. The van der Waals surface area contributed by atoms with Crippen LogP contribution in [-0.2, 0) is 14.4 Å². The Morgan fingerprint density at radius 3 is 2.43 bits per heavy atom.